The zero-order valence-electron chi connectivity index (χ0n) is 8.04. The van der Waals surface area contributed by atoms with Crippen LogP contribution in [0.25, 0.3) is 0 Å². The van der Waals surface area contributed by atoms with E-state index < -0.39 is 0 Å². The highest BCUT2D eigenvalue weighted by molar-refractivity contribution is 4.74. The van der Waals surface area contributed by atoms with E-state index in [2.05, 4.69) is 0 Å². The third-order valence-corrected chi connectivity index (χ3v) is 2.11. The SMILES string of the molecule is CC(C)(C)C(O)CC1OCCO1. The summed E-state index contributed by atoms with van der Waals surface area (Å²) in [6, 6.07) is 0. The molecule has 0 aromatic heterocycles. The van der Waals surface area contributed by atoms with Gasteiger partial charge in [-0.25, -0.2) is 0 Å². The summed E-state index contributed by atoms with van der Waals surface area (Å²) in [5.74, 6) is 0. The first kappa shape index (κ1) is 9.96. The van der Waals surface area contributed by atoms with Gasteiger partial charge in [0.15, 0.2) is 6.29 Å². The van der Waals surface area contributed by atoms with Crippen molar-refractivity contribution < 1.29 is 14.6 Å². The molecule has 1 aliphatic heterocycles. The minimum atomic E-state index is -0.361. The van der Waals surface area contributed by atoms with Crippen LogP contribution >= 0.6 is 0 Å². The van der Waals surface area contributed by atoms with Crippen LogP contribution in [-0.4, -0.2) is 30.7 Å². The monoisotopic (exact) mass is 174 g/mol. The Labute approximate surface area is 73.7 Å². The normalized spacial score (nSPS) is 23.0. The first-order valence-corrected chi connectivity index (χ1v) is 4.41. The van der Waals surface area contributed by atoms with Gasteiger partial charge in [-0.15, -0.1) is 0 Å². The second-order valence-corrected chi connectivity index (χ2v) is 4.29. The van der Waals surface area contributed by atoms with Crippen molar-refractivity contribution in [2.45, 2.75) is 39.6 Å². The molecule has 0 bridgehead atoms. The van der Waals surface area contributed by atoms with Crippen molar-refractivity contribution in [3.63, 3.8) is 0 Å². The van der Waals surface area contributed by atoms with E-state index in [4.69, 9.17) is 9.47 Å². The highest BCUT2D eigenvalue weighted by Crippen LogP contribution is 2.24. The predicted octanol–water partition coefficient (Wildman–Crippen LogP) is 1.16. The molecular formula is C9H18O3. The maximum absolute atomic E-state index is 9.69. The molecule has 1 saturated heterocycles. The van der Waals surface area contributed by atoms with E-state index in [1.807, 2.05) is 20.8 Å². The van der Waals surface area contributed by atoms with Gasteiger partial charge in [-0.1, -0.05) is 20.8 Å². The molecule has 0 saturated carbocycles. The zero-order chi connectivity index (χ0) is 9.19. The largest absolute Gasteiger partial charge is 0.392 e. The van der Waals surface area contributed by atoms with Crippen LogP contribution in [0, 0.1) is 5.41 Å². The predicted molar refractivity (Wildman–Crippen MR) is 45.8 cm³/mol. The molecule has 12 heavy (non-hydrogen) atoms. The molecule has 0 aromatic carbocycles. The molecule has 1 atom stereocenters. The summed E-state index contributed by atoms with van der Waals surface area (Å²) in [4.78, 5) is 0. The van der Waals surface area contributed by atoms with Crippen molar-refractivity contribution in [2.75, 3.05) is 13.2 Å². The van der Waals surface area contributed by atoms with Crippen LogP contribution in [0.1, 0.15) is 27.2 Å². The van der Waals surface area contributed by atoms with Gasteiger partial charge in [-0.05, 0) is 5.41 Å². The van der Waals surface area contributed by atoms with E-state index in [0.717, 1.165) is 0 Å². The van der Waals surface area contributed by atoms with Crippen LogP contribution in [0.2, 0.25) is 0 Å². The molecule has 72 valence electrons. The van der Waals surface area contributed by atoms with Crippen LogP contribution in [0.3, 0.4) is 0 Å². The molecule has 0 aliphatic carbocycles. The lowest BCUT2D eigenvalue weighted by molar-refractivity contribution is -0.0879. The fourth-order valence-corrected chi connectivity index (χ4v) is 1.08. The van der Waals surface area contributed by atoms with Gasteiger partial charge in [0.25, 0.3) is 0 Å². The lowest BCUT2D eigenvalue weighted by Crippen LogP contribution is -2.30. The molecule has 0 radical (unpaired) electrons. The summed E-state index contributed by atoms with van der Waals surface area (Å²) in [5, 5.41) is 9.69. The van der Waals surface area contributed by atoms with Gasteiger partial charge in [0, 0.05) is 6.42 Å². The van der Waals surface area contributed by atoms with Crippen LogP contribution in [-0.2, 0) is 9.47 Å². The van der Waals surface area contributed by atoms with Crippen molar-refractivity contribution >= 4 is 0 Å². The highest BCUT2D eigenvalue weighted by Gasteiger charge is 2.27. The Morgan fingerprint density at radius 2 is 1.83 bits per heavy atom. The molecule has 0 amide bonds. The van der Waals surface area contributed by atoms with Crippen molar-refractivity contribution in [3.8, 4) is 0 Å². The number of hydrogen-bond acceptors (Lipinski definition) is 3. The smallest absolute Gasteiger partial charge is 0.160 e. The standard InChI is InChI=1S/C9H18O3/c1-9(2,3)7(10)6-8-11-4-5-12-8/h7-8,10H,4-6H2,1-3H3. The molecule has 1 rings (SSSR count). The van der Waals surface area contributed by atoms with Crippen LogP contribution < -0.4 is 0 Å². The van der Waals surface area contributed by atoms with Gasteiger partial charge in [-0.3, -0.25) is 0 Å². The lowest BCUT2D eigenvalue weighted by Gasteiger charge is -2.27. The van der Waals surface area contributed by atoms with Gasteiger partial charge in [-0.2, -0.15) is 0 Å². The van der Waals surface area contributed by atoms with E-state index in [-0.39, 0.29) is 17.8 Å². The number of rotatable bonds is 2. The number of aliphatic hydroxyl groups is 1. The Hall–Kier alpha value is -0.120. The molecule has 1 unspecified atom stereocenters. The molecule has 3 heteroatoms. The van der Waals surface area contributed by atoms with Gasteiger partial charge >= 0.3 is 0 Å². The van der Waals surface area contributed by atoms with Crippen LogP contribution in [0.5, 0.6) is 0 Å². The van der Waals surface area contributed by atoms with E-state index in [0.29, 0.717) is 19.6 Å². The van der Waals surface area contributed by atoms with Gasteiger partial charge < -0.3 is 14.6 Å². The second-order valence-electron chi connectivity index (χ2n) is 4.29. The molecule has 0 spiro atoms. The Morgan fingerprint density at radius 3 is 2.25 bits per heavy atom. The average Bonchev–Trinajstić information content (AvgIpc) is 2.37. The summed E-state index contributed by atoms with van der Waals surface area (Å²) in [7, 11) is 0. The summed E-state index contributed by atoms with van der Waals surface area (Å²) in [6.07, 6.45) is 0.0172. The minimum absolute atomic E-state index is 0.0880. The highest BCUT2D eigenvalue weighted by atomic mass is 16.7. The van der Waals surface area contributed by atoms with Crippen molar-refractivity contribution in [2.24, 2.45) is 5.41 Å². The molecule has 3 nitrogen and oxygen atoms in total. The van der Waals surface area contributed by atoms with Crippen molar-refractivity contribution in [3.05, 3.63) is 0 Å². The van der Waals surface area contributed by atoms with Gasteiger partial charge in [0.2, 0.25) is 0 Å². The Morgan fingerprint density at radius 1 is 1.33 bits per heavy atom. The van der Waals surface area contributed by atoms with E-state index in [1.54, 1.807) is 0 Å². The van der Waals surface area contributed by atoms with Crippen molar-refractivity contribution in [1.29, 1.82) is 0 Å². The fraction of sp³-hybridized carbons (Fsp3) is 1.00. The Balaban J connectivity index is 2.30. The Bertz CT molecular complexity index is 133. The van der Waals surface area contributed by atoms with Crippen molar-refractivity contribution in [1.82, 2.24) is 0 Å². The molecular weight excluding hydrogens is 156 g/mol. The molecule has 1 N–H and O–H groups in total. The maximum atomic E-state index is 9.69. The van der Waals surface area contributed by atoms with Gasteiger partial charge in [0.05, 0.1) is 19.3 Å². The van der Waals surface area contributed by atoms with E-state index in [1.165, 1.54) is 0 Å². The lowest BCUT2D eigenvalue weighted by atomic mass is 9.87. The maximum Gasteiger partial charge on any atom is 0.160 e. The topological polar surface area (TPSA) is 38.7 Å². The third kappa shape index (κ3) is 2.73. The van der Waals surface area contributed by atoms with Crippen LogP contribution in [0.4, 0.5) is 0 Å². The van der Waals surface area contributed by atoms with Crippen LogP contribution in [0.15, 0.2) is 0 Å². The number of ether oxygens (including phenoxy) is 2. The first-order chi connectivity index (χ1) is 5.50. The van der Waals surface area contributed by atoms with E-state index in [9.17, 15) is 5.11 Å². The second kappa shape index (κ2) is 3.73. The zero-order valence-corrected chi connectivity index (χ0v) is 8.04. The summed E-state index contributed by atoms with van der Waals surface area (Å²) in [5.41, 5.74) is -0.0880. The minimum Gasteiger partial charge on any atom is -0.392 e. The van der Waals surface area contributed by atoms with E-state index >= 15 is 0 Å². The number of hydrogen-bond donors (Lipinski definition) is 1. The molecule has 1 aliphatic rings. The molecule has 0 aromatic rings. The quantitative estimate of drug-likeness (QED) is 0.682. The first-order valence-electron chi connectivity index (χ1n) is 4.41. The summed E-state index contributed by atoms with van der Waals surface area (Å²) >= 11 is 0. The summed E-state index contributed by atoms with van der Waals surface area (Å²) in [6.45, 7) is 7.33. The summed E-state index contributed by atoms with van der Waals surface area (Å²) < 4.78 is 10.5. The molecule has 1 fully saturated rings. The number of aliphatic hydroxyl groups excluding tert-OH is 1. The van der Waals surface area contributed by atoms with Gasteiger partial charge in [0.1, 0.15) is 0 Å². The average molecular weight is 174 g/mol. The fourth-order valence-electron chi connectivity index (χ4n) is 1.08. The third-order valence-electron chi connectivity index (χ3n) is 2.11. The Kier molecular flexibility index (Phi) is 3.09. The molecule has 1 heterocycles.